The van der Waals surface area contributed by atoms with Gasteiger partial charge in [0, 0.05) is 17.1 Å². The van der Waals surface area contributed by atoms with Gasteiger partial charge >= 0.3 is 0 Å². The summed E-state index contributed by atoms with van der Waals surface area (Å²) in [7, 11) is 0. The summed E-state index contributed by atoms with van der Waals surface area (Å²) in [4.78, 5) is 0. The smallest absolute Gasteiger partial charge is 0.0440 e. The van der Waals surface area contributed by atoms with E-state index in [1.807, 2.05) is 18.2 Å². The first-order valence-corrected chi connectivity index (χ1v) is 6.70. The summed E-state index contributed by atoms with van der Waals surface area (Å²) < 4.78 is 0. The molecule has 1 atom stereocenters. The lowest BCUT2D eigenvalue weighted by molar-refractivity contribution is 0.270. The zero-order valence-corrected chi connectivity index (χ0v) is 11.1. The zero-order chi connectivity index (χ0) is 12.3. The summed E-state index contributed by atoms with van der Waals surface area (Å²) in [6.07, 6.45) is 5.41. The molecule has 0 saturated heterocycles. The minimum absolute atomic E-state index is 0.532. The molecule has 1 nitrogen and oxygen atoms in total. The molecule has 17 heavy (non-hydrogen) atoms. The Morgan fingerprint density at radius 3 is 2.82 bits per heavy atom. The van der Waals surface area contributed by atoms with Crippen LogP contribution in [0.25, 0.3) is 0 Å². The maximum Gasteiger partial charge on any atom is 0.0440 e. The van der Waals surface area contributed by atoms with Crippen molar-refractivity contribution in [3.8, 4) is 0 Å². The molecule has 1 aliphatic carbocycles. The van der Waals surface area contributed by atoms with Crippen LogP contribution in [-0.2, 0) is 0 Å². The van der Waals surface area contributed by atoms with Crippen molar-refractivity contribution in [3.05, 3.63) is 47.5 Å². The highest BCUT2D eigenvalue weighted by Crippen LogP contribution is 2.40. The maximum atomic E-state index is 6.20. The second kappa shape index (κ2) is 5.70. The first kappa shape index (κ1) is 12.7. The molecule has 0 spiro atoms. The third-order valence-electron chi connectivity index (χ3n) is 3.52. The van der Waals surface area contributed by atoms with Crippen molar-refractivity contribution in [2.45, 2.75) is 44.2 Å². The summed E-state index contributed by atoms with van der Waals surface area (Å²) >= 11 is 6.20. The van der Waals surface area contributed by atoms with Crippen LogP contribution in [0.15, 0.2) is 36.9 Å². The average Bonchev–Trinajstić information content (AvgIpc) is 2.25. The molecule has 0 aliphatic heterocycles. The standard InChI is InChI=1S/C15H20ClN/c1-3-6-11(2)17-13-9-12(10-13)14-7-4-5-8-15(14)16/h3-5,7-8,11-13,17H,1,6,9-10H2,2H3. The molecule has 92 valence electrons. The van der Waals surface area contributed by atoms with Crippen LogP contribution in [0.2, 0.25) is 5.02 Å². The normalized spacial score (nSPS) is 25.1. The third kappa shape index (κ3) is 3.11. The van der Waals surface area contributed by atoms with Gasteiger partial charge in [-0.15, -0.1) is 6.58 Å². The SMILES string of the molecule is C=CCC(C)NC1CC(c2ccccc2Cl)C1. The number of benzene rings is 1. The molecular weight excluding hydrogens is 230 g/mol. The van der Waals surface area contributed by atoms with E-state index in [0.29, 0.717) is 18.0 Å². The van der Waals surface area contributed by atoms with Crippen molar-refractivity contribution in [2.75, 3.05) is 0 Å². The molecule has 1 N–H and O–H groups in total. The van der Waals surface area contributed by atoms with Crippen LogP contribution in [-0.4, -0.2) is 12.1 Å². The van der Waals surface area contributed by atoms with Gasteiger partial charge in [-0.25, -0.2) is 0 Å². The van der Waals surface area contributed by atoms with Crippen LogP contribution in [0.1, 0.15) is 37.7 Å². The molecule has 1 aromatic rings. The van der Waals surface area contributed by atoms with Crippen LogP contribution >= 0.6 is 11.6 Å². The van der Waals surface area contributed by atoms with Crippen molar-refractivity contribution in [1.29, 1.82) is 0 Å². The fourth-order valence-corrected chi connectivity index (χ4v) is 2.82. The van der Waals surface area contributed by atoms with Crippen molar-refractivity contribution in [1.82, 2.24) is 5.32 Å². The van der Waals surface area contributed by atoms with Gasteiger partial charge in [0.1, 0.15) is 0 Å². The molecular formula is C15H20ClN. The quantitative estimate of drug-likeness (QED) is 0.774. The van der Waals surface area contributed by atoms with Gasteiger partial charge in [0.2, 0.25) is 0 Å². The van der Waals surface area contributed by atoms with Gasteiger partial charge in [0.05, 0.1) is 0 Å². The van der Waals surface area contributed by atoms with Gasteiger partial charge in [-0.3, -0.25) is 0 Å². The topological polar surface area (TPSA) is 12.0 Å². The van der Waals surface area contributed by atoms with Crippen LogP contribution < -0.4 is 5.32 Å². The highest BCUT2D eigenvalue weighted by Gasteiger charge is 2.31. The molecule has 1 saturated carbocycles. The van der Waals surface area contributed by atoms with Crippen LogP contribution in [0.3, 0.4) is 0 Å². The zero-order valence-electron chi connectivity index (χ0n) is 10.3. The van der Waals surface area contributed by atoms with E-state index >= 15 is 0 Å². The van der Waals surface area contributed by atoms with Gasteiger partial charge in [-0.05, 0) is 43.7 Å². The van der Waals surface area contributed by atoms with E-state index in [1.165, 1.54) is 18.4 Å². The number of rotatable bonds is 5. The van der Waals surface area contributed by atoms with E-state index in [9.17, 15) is 0 Å². The first-order valence-electron chi connectivity index (χ1n) is 6.32. The second-order valence-electron chi connectivity index (χ2n) is 4.98. The molecule has 1 aliphatic rings. The molecule has 1 unspecified atom stereocenters. The third-order valence-corrected chi connectivity index (χ3v) is 3.87. The first-order chi connectivity index (χ1) is 8.20. The molecule has 0 aromatic heterocycles. The lowest BCUT2D eigenvalue weighted by Crippen LogP contribution is -2.44. The van der Waals surface area contributed by atoms with E-state index < -0.39 is 0 Å². The summed E-state index contributed by atoms with van der Waals surface area (Å²) in [5.74, 6) is 0.636. The van der Waals surface area contributed by atoms with E-state index in [2.05, 4.69) is 31.0 Å². The van der Waals surface area contributed by atoms with Gasteiger partial charge in [0.25, 0.3) is 0 Å². The number of hydrogen-bond donors (Lipinski definition) is 1. The van der Waals surface area contributed by atoms with Gasteiger partial charge in [0.15, 0.2) is 0 Å². The van der Waals surface area contributed by atoms with Crippen molar-refractivity contribution in [2.24, 2.45) is 0 Å². The predicted molar refractivity (Wildman–Crippen MR) is 74.6 cm³/mol. The number of hydrogen-bond acceptors (Lipinski definition) is 1. The van der Waals surface area contributed by atoms with Crippen molar-refractivity contribution in [3.63, 3.8) is 0 Å². The van der Waals surface area contributed by atoms with E-state index in [-0.39, 0.29) is 0 Å². The molecule has 0 heterocycles. The van der Waals surface area contributed by atoms with E-state index in [4.69, 9.17) is 11.6 Å². The summed E-state index contributed by atoms with van der Waals surface area (Å²) in [6.45, 7) is 5.98. The minimum atomic E-state index is 0.532. The maximum absolute atomic E-state index is 6.20. The molecule has 0 bridgehead atoms. The Balaban J connectivity index is 1.83. The van der Waals surface area contributed by atoms with E-state index in [1.54, 1.807) is 0 Å². The lowest BCUT2D eigenvalue weighted by atomic mass is 9.75. The van der Waals surface area contributed by atoms with E-state index in [0.717, 1.165) is 11.4 Å². The van der Waals surface area contributed by atoms with Gasteiger partial charge < -0.3 is 5.32 Å². The average molecular weight is 250 g/mol. The fraction of sp³-hybridized carbons (Fsp3) is 0.467. The summed E-state index contributed by atoms with van der Waals surface area (Å²) in [6, 6.07) is 9.37. The molecule has 1 aromatic carbocycles. The summed E-state index contributed by atoms with van der Waals surface area (Å²) in [5, 5.41) is 4.53. The lowest BCUT2D eigenvalue weighted by Gasteiger charge is -2.38. The molecule has 2 rings (SSSR count). The molecule has 2 heteroatoms. The Labute approximate surface area is 109 Å². The largest absolute Gasteiger partial charge is 0.311 e. The molecule has 0 amide bonds. The Bertz CT molecular complexity index is 382. The second-order valence-corrected chi connectivity index (χ2v) is 5.39. The Morgan fingerprint density at radius 2 is 2.18 bits per heavy atom. The van der Waals surface area contributed by atoms with Crippen LogP contribution in [0.4, 0.5) is 0 Å². The predicted octanol–water partition coefficient (Wildman–Crippen LogP) is 4.14. The highest BCUT2D eigenvalue weighted by atomic mass is 35.5. The molecule has 1 fully saturated rings. The Kier molecular flexibility index (Phi) is 4.25. The van der Waals surface area contributed by atoms with Crippen LogP contribution in [0.5, 0.6) is 0 Å². The monoisotopic (exact) mass is 249 g/mol. The van der Waals surface area contributed by atoms with Crippen LogP contribution in [0, 0.1) is 0 Å². The number of halogens is 1. The minimum Gasteiger partial charge on any atom is -0.311 e. The van der Waals surface area contributed by atoms with Gasteiger partial charge in [-0.1, -0.05) is 35.9 Å². The Hall–Kier alpha value is -0.790. The molecule has 0 radical (unpaired) electrons. The highest BCUT2D eigenvalue weighted by molar-refractivity contribution is 6.31. The number of nitrogens with one attached hydrogen (secondary N) is 1. The van der Waals surface area contributed by atoms with Crippen molar-refractivity contribution >= 4 is 11.6 Å². The Morgan fingerprint density at radius 1 is 1.47 bits per heavy atom. The van der Waals surface area contributed by atoms with Crippen molar-refractivity contribution < 1.29 is 0 Å². The fourth-order valence-electron chi connectivity index (χ4n) is 2.53. The summed E-state index contributed by atoms with van der Waals surface area (Å²) in [5.41, 5.74) is 1.31. The van der Waals surface area contributed by atoms with Gasteiger partial charge in [-0.2, -0.15) is 0 Å².